The first kappa shape index (κ1) is 15.0. The fourth-order valence-corrected chi connectivity index (χ4v) is 2.13. The van der Waals surface area contributed by atoms with E-state index in [1.165, 1.54) is 0 Å². The van der Waals surface area contributed by atoms with Crippen molar-refractivity contribution in [1.82, 2.24) is 14.9 Å². The number of anilines is 1. The Hall–Kier alpha value is -1.40. The largest absolute Gasteiger partial charge is 0.476 e. The van der Waals surface area contributed by atoms with Gasteiger partial charge in [0.1, 0.15) is 18.2 Å². The number of hydrogen-bond acceptors (Lipinski definition) is 6. The molecule has 0 aromatic carbocycles. The highest BCUT2D eigenvalue weighted by atomic mass is 16.5. The summed E-state index contributed by atoms with van der Waals surface area (Å²) in [7, 11) is 0. The van der Waals surface area contributed by atoms with E-state index < -0.39 is 0 Å². The van der Waals surface area contributed by atoms with Gasteiger partial charge in [0, 0.05) is 12.5 Å². The van der Waals surface area contributed by atoms with Crippen molar-refractivity contribution in [1.29, 1.82) is 0 Å². The zero-order valence-corrected chi connectivity index (χ0v) is 12.6. The zero-order valence-electron chi connectivity index (χ0n) is 12.6. The Kier molecular flexibility index (Phi) is 5.14. The fourth-order valence-electron chi connectivity index (χ4n) is 2.13. The molecule has 1 heterocycles. The average molecular weight is 279 g/mol. The molecule has 1 fully saturated rings. The number of nitrogens with zero attached hydrogens (tertiary/aromatic N) is 3. The number of aromatic nitrogens is 2. The quantitative estimate of drug-likeness (QED) is 0.557. The van der Waals surface area contributed by atoms with Crippen LogP contribution < -0.4 is 16.0 Å². The predicted octanol–water partition coefficient (Wildman–Crippen LogP) is 1.67. The van der Waals surface area contributed by atoms with E-state index in [-0.39, 0.29) is 0 Å². The molecule has 6 heteroatoms. The highest BCUT2D eigenvalue weighted by Gasteiger charge is 2.28. The highest BCUT2D eigenvalue weighted by molar-refractivity contribution is 5.48. The summed E-state index contributed by atoms with van der Waals surface area (Å²) in [6.45, 7) is 9.84. The lowest BCUT2D eigenvalue weighted by atomic mass is 10.3. The van der Waals surface area contributed by atoms with Crippen LogP contribution in [0.5, 0.6) is 5.88 Å². The maximum atomic E-state index is 5.84. The van der Waals surface area contributed by atoms with Crippen LogP contribution in [0.4, 0.5) is 5.82 Å². The molecule has 0 atom stereocenters. The van der Waals surface area contributed by atoms with Crippen molar-refractivity contribution in [2.75, 3.05) is 31.7 Å². The first-order valence-corrected chi connectivity index (χ1v) is 7.39. The molecule has 0 bridgehead atoms. The van der Waals surface area contributed by atoms with Crippen LogP contribution in [0.15, 0.2) is 0 Å². The minimum atomic E-state index is 0.479. The molecule has 20 heavy (non-hydrogen) atoms. The Morgan fingerprint density at radius 2 is 2.00 bits per heavy atom. The molecule has 2 rings (SSSR count). The maximum absolute atomic E-state index is 5.84. The zero-order chi connectivity index (χ0) is 14.5. The van der Waals surface area contributed by atoms with Crippen LogP contribution in [0.25, 0.3) is 0 Å². The molecule has 0 aliphatic heterocycles. The normalized spacial score (nSPS) is 14.7. The smallest absolute Gasteiger partial charge is 0.221 e. The third-order valence-electron chi connectivity index (χ3n) is 3.74. The van der Waals surface area contributed by atoms with Gasteiger partial charge >= 0.3 is 0 Å². The molecule has 0 amide bonds. The van der Waals surface area contributed by atoms with Crippen molar-refractivity contribution in [3.8, 4) is 5.88 Å². The number of hydrazine groups is 1. The van der Waals surface area contributed by atoms with Crippen molar-refractivity contribution in [2.45, 2.75) is 39.5 Å². The topological polar surface area (TPSA) is 76.3 Å². The fraction of sp³-hybridized carbons (Fsp3) is 0.714. The van der Waals surface area contributed by atoms with Gasteiger partial charge in [-0.15, -0.1) is 0 Å². The summed E-state index contributed by atoms with van der Waals surface area (Å²) in [4.78, 5) is 11.3. The molecule has 1 aromatic heterocycles. The highest BCUT2D eigenvalue weighted by Crippen LogP contribution is 2.39. The SMILES string of the molecule is CCN(CC)CCOc1nc(C2CC2)nc(NN)c1C. The van der Waals surface area contributed by atoms with Gasteiger partial charge in [-0.25, -0.2) is 10.8 Å². The summed E-state index contributed by atoms with van der Waals surface area (Å²) in [6.07, 6.45) is 2.32. The summed E-state index contributed by atoms with van der Waals surface area (Å²) < 4.78 is 5.84. The Morgan fingerprint density at radius 3 is 2.55 bits per heavy atom. The van der Waals surface area contributed by atoms with E-state index in [0.29, 0.717) is 24.2 Å². The van der Waals surface area contributed by atoms with E-state index >= 15 is 0 Å². The summed E-state index contributed by atoms with van der Waals surface area (Å²) in [5, 5.41) is 0. The molecule has 1 saturated carbocycles. The molecule has 0 saturated heterocycles. The van der Waals surface area contributed by atoms with Crippen molar-refractivity contribution >= 4 is 5.82 Å². The van der Waals surface area contributed by atoms with E-state index in [9.17, 15) is 0 Å². The standard InChI is InChI=1S/C14H25N5O/c1-4-19(5-2)8-9-20-14-10(3)12(18-15)16-13(17-14)11-6-7-11/h11H,4-9,15H2,1-3H3,(H,16,17,18). The molecule has 6 nitrogen and oxygen atoms in total. The number of rotatable bonds is 8. The lowest BCUT2D eigenvalue weighted by molar-refractivity contribution is 0.216. The van der Waals surface area contributed by atoms with E-state index in [2.05, 4.69) is 34.1 Å². The predicted molar refractivity (Wildman–Crippen MR) is 79.8 cm³/mol. The summed E-state index contributed by atoms with van der Waals surface area (Å²) in [5.74, 6) is 8.17. The number of nitrogen functional groups attached to an aromatic ring is 1. The van der Waals surface area contributed by atoms with E-state index in [0.717, 1.165) is 43.9 Å². The monoisotopic (exact) mass is 279 g/mol. The van der Waals surface area contributed by atoms with Crippen molar-refractivity contribution < 1.29 is 4.74 Å². The second-order valence-corrected chi connectivity index (χ2v) is 5.15. The first-order valence-electron chi connectivity index (χ1n) is 7.39. The molecule has 1 aliphatic carbocycles. The summed E-state index contributed by atoms with van der Waals surface area (Å²) in [5.41, 5.74) is 3.51. The van der Waals surface area contributed by atoms with Gasteiger partial charge in [-0.05, 0) is 32.9 Å². The maximum Gasteiger partial charge on any atom is 0.221 e. The van der Waals surface area contributed by atoms with Crippen LogP contribution in [0.1, 0.15) is 44.0 Å². The van der Waals surface area contributed by atoms with Gasteiger partial charge in [0.25, 0.3) is 0 Å². The van der Waals surface area contributed by atoms with E-state index in [1.54, 1.807) is 0 Å². The minimum Gasteiger partial charge on any atom is -0.476 e. The number of nitrogens with two attached hydrogens (primary N) is 1. The van der Waals surface area contributed by atoms with Crippen LogP contribution in [-0.4, -0.2) is 41.1 Å². The molecule has 1 aromatic rings. The molecular formula is C14H25N5O. The van der Waals surface area contributed by atoms with Crippen LogP contribution in [0, 0.1) is 6.92 Å². The summed E-state index contributed by atoms with van der Waals surface area (Å²) in [6, 6.07) is 0. The first-order chi connectivity index (χ1) is 9.69. The number of nitrogens with one attached hydrogen (secondary N) is 1. The Bertz CT molecular complexity index is 443. The van der Waals surface area contributed by atoms with E-state index in [1.807, 2.05) is 6.92 Å². The Labute approximate surface area is 120 Å². The van der Waals surface area contributed by atoms with Crippen molar-refractivity contribution in [2.24, 2.45) is 5.84 Å². The minimum absolute atomic E-state index is 0.479. The second-order valence-electron chi connectivity index (χ2n) is 5.15. The van der Waals surface area contributed by atoms with Gasteiger partial charge in [-0.1, -0.05) is 13.8 Å². The van der Waals surface area contributed by atoms with Gasteiger partial charge in [0.05, 0.1) is 5.56 Å². The van der Waals surface area contributed by atoms with Crippen molar-refractivity contribution in [3.63, 3.8) is 0 Å². The molecule has 0 unspecified atom stereocenters. The average Bonchev–Trinajstić information content (AvgIpc) is 3.30. The van der Waals surface area contributed by atoms with Crippen LogP contribution in [0.2, 0.25) is 0 Å². The molecule has 112 valence electrons. The van der Waals surface area contributed by atoms with Crippen LogP contribution >= 0.6 is 0 Å². The molecule has 3 N–H and O–H groups in total. The number of ether oxygens (including phenoxy) is 1. The lowest BCUT2D eigenvalue weighted by Gasteiger charge is -2.18. The molecule has 1 aliphatic rings. The van der Waals surface area contributed by atoms with Gasteiger partial charge in [0.15, 0.2) is 0 Å². The van der Waals surface area contributed by atoms with Gasteiger partial charge < -0.3 is 15.1 Å². The van der Waals surface area contributed by atoms with Gasteiger partial charge in [-0.3, -0.25) is 0 Å². The second kappa shape index (κ2) is 6.85. The third kappa shape index (κ3) is 3.58. The van der Waals surface area contributed by atoms with Crippen molar-refractivity contribution in [3.05, 3.63) is 11.4 Å². The van der Waals surface area contributed by atoms with Gasteiger partial charge in [-0.2, -0.15) is 4.98 Å². The van der Waals surface area contributed by atoms with E-state index in [4.69, 9.17) is 10.6 Å². The molecule has 0 spiro atoms. The number of hydrogen-bond donors (Lipinski definition) is 2. The number of likely N-dealkylation sites (N-methyl/N-ethyl adjacent to an activating group) is 1. The van der Waals surface area contributed by atoms with Gasteiger partial charge in [0.2, 0.25) is 5.88 Å². The molecular weight excluding hydrogens is 254 g/mol. The van der Waals surface area contributed by atoms with Crippen LogP contribution in [-0.2, 0) is 0 Å². The van der Waals surface area contributed by atoms with Crippen LogP contribution in [0.3, 0.4) is 0 Å². The summed E-state index contributed by atoms with van der Waals surface area (Å²) >= 11 is 0. The lowest BCUT2D eigenvalue weighted by Crippen LogP contribution is -2.28. The Morgan fingerprint density at radius 1 is 1.30 bits per heavy atom. The third-order valence-corrected chi connectivity index (χ3v) is 3.74. The molecule has 0 radical (unpaired) electrons. The Balaban J connectivity index is 2.04.